The van der Waals surface area contributed by atoms with Crippen molar-refractivity contribution in [2.75, 3.05) is 13.2 Å². The van der Waals surface area contributed by atoms with E-state index in [0.717, 1.165) is 0 Å². The lowest BCUT2D eigenvalue weighted by atomic mass is 10.1. The van der Waals surface area contributed by atoms with Gasteiger partial charge in [0.05, 0.1) is 19.3 Å². The zero-order valence-electron chi connectivity index (χ0n) is 12.0. The highest BCUT2D eigenvalue weighted by Crippen LogP contribution is 2.28. The maximum atomic E-state index is 11.7. The van der Waals surface area contributed by atoms with Gasteiger partial charge in [0.2, 0.25) is 0 Å². The van der Waals surface area contributed by atoms with Gasteiger partial charge < -0.3 is 30.1 Å². The lowest BCUT2D eigenvalue weighted by molar-refractivity contribution is -0.0594. The number of rotatable bonds is 4. The second kappa shape index (κ2) is 6.12. The molecule has 1 aromatic heterocycles. The Morgan fingerprint density at radius 2 is 2.17 bits per heavy atom. The van der Waals surface area contributed by atoms with Crippen molar-refractivity contribution < 1.29 is 30.0 Å². The van der Waals surface area contributed by atoms with Gasteiger partial charge in [0, 0.05) is 6.54 Å². The van der Waals surface area contributed by atoms with Crippen molar-refractivity contribution in [3.8, 4) is 0 Å². The van der Waals surface area contributed by atoms with Crippen LogP contribution in [0, 0.1) is 0 Å². The van der Waals surface area contributed by atoms with Gasteiger partial charge in [-0.25, -0.2) is 9.48 Å². The Morgan fingerprint density at radius 3 is 2.83 bits per heavy atom. The second-order valence-electron chi connectivity index (χ2n) is 5.32. The minimum atomic E-state index is -1.25. The maximum Gasteiger partial charge on any atom is 0.324 e. The number of nitrogens with one attached hydrogen (secondary N) is 1. The molecule has 3 heterocycles. The molecule has 11 nitrogen and oxygen atoms in total. The highest BCUT2D eigenvalue weighted by Gasteiger charge is 2.44. The van der Waals surface area contributed by atoms with Gasteiger partial charge in [-0.05, 0) is 6.08 Å². The zero-order chi connectivity index (χ0) is 16.6. The standard InChI is InChI=1S/C12H17N5O6/c18-5-7-9(20)10(21)11(23-7)17-4-6(14-15-17)3-16-2-1-8(19)13-12(16)22/h1,4,7,9-11,18-21H,2-3,5H2,(H,13,22)/t7-,9-,10+,11+/m0/s1. The van der Waals surface area contributed by atoms with E-state index in [4.69, 9.17) is 9.84 Å². The minimum Gasteiger partial charge on any atom is -0.495 e. The van der Waals surface area contributed by atoms with E-state index in [0.29, 0.717) is 5.69 Å². The van der Waals surface area contributed by atoms with Crippen LogP contribution in [-0.2, 0) is 11.3 Å². The van der Waals surface area contributed by atoms with Crippen LogP contribution in [-0.4, -0.2) is 77.8 Å². The third kappa shape index (κ3) is 2.99. The molecule has 2 aliphatic heterocycles. The number of hydrogen-bond acceptors (Lipinski definition) is 8. The molecule has 1 fully saturated rings. The van der Waals surface area contributed by atoms with E-state index in [1.165, 1.54) is 21.9 Å². The molecule has 3 rings (SSSR count). The minimum absolute atomic E-state index is 0.143. The molecule has 126 valence electrons. The molecule has 4 atom stereocenters. The van der Waals surface area contributed by atoms with Gasteiger partial charge >= 0.3 is 6.03 Å². The molecule has 0 saturated carbocycles. The van der Waals surface area contributed by atoms with Gasteiger partial charge in [0.1, 0.15) is 24.0 Å². The van der Waals surface area contributed by atoms with Crippen LogP contribution in [0.15, 0.2) is 18.2 Å². The van der Waals surface area contributed by atoms with Crippen LogP contribution in [0.5, 0.6) is 0 Å². The van der Waals surface area contributed by atoms with Crippen molar-refractivity contribution in [3.63, 3.8) is 0 Å². The largest absolute Gasteiger partial charge is 0.495 e. The summed E-state index contributed by atoms with van der Waals surface area (Å²) in [6, 6.07) is -0.465. The summed E-state index contributed by atoms with van der Waals surface area (Å²) in [5.74, 6) is -0.193. The summed E-state index contributed by atoms with van der Waals surface area (Å²) < 4.78 is 6.56. The van der Waals surface area contributed by atoms with Gasteiger partial charge in [-0.3, -0.25) is 5.32 Å². The van der Waals surface area contributed by atoms with Gasteiger partial charge in [-0.2, -0.15) is 0 Å². The first kappa shape index (κ1) is 15.7. The number of carbonyl (C=O) groups is 1. The van der Waals surface area contributed by atoms with E-state index in [9.17, 15) is 20.1 Å². The number of carbonyl (C=O) groups excluding carboxylic acids is 1. The summed E-state index contributed by atoms with van der Waals surface area (Å²) >= 11 is 0. The van der Waals surface area contributed by atoms with Crippen LogP contribution in [0.2, 0.25) is 0 Å². The lowest BCUT2D eigenvalue weighted by Gasteiger charge is -2.23. The topological polar surface area (TPSA) is 153 Å². The van der Waals surface area contributed by atoms with Crippen LogP contribution >= 0.6 is 0 Å². The molecule has 0 aromatic carbocycles. The molecule has 2 amide bonds. The zero-order valence-corrected chi connectivity index (χ0v) is 12.0. The van der Waals surface area contributed by atoms with Gasteiger partial charge in [-0.15, -0.1) is 5.10 Å². The fourth-order valence-corrected chi connectivity index (χ4v) is 2.46. The van der Waals surface area contributed by atoms with E-state index in [1.54, 1.807) is 0 Å². The predicted octanol–water partition coefficient (Wildman–Crippen LogP) is -2.19. The summed E-state index contributed by atoms with van der Waals surface area (Å²) in [4.78, 5) is 13.1. The van der Waals surface area contributed by atoms with Crippen LogP contribution < -0.4 is 5.32 Å². The van der Waals surface area contributed by atoms with Gasteiger partial charge in [0.25, 0.3) is 0 Å². The normalized spacial score (nSPS) is 31.2. The third-order valence-electron chi connectivity index (χ3n) is 3.72. The number of amides is 2. The Balaban J connectivity index is 1.68. The molecule has 0 bridgehead atoms. The average Bonchev–Trinajstić information content (AvgIpc) is 3.08. The summed E-state index contributed by atoms with van der Waals surface area (Å²) in [5, 5.41) is 47.9. The van der Waals surface area contributed by atoms with Crippen molar-refractivity contribution in [2.24, 2.45) is 0 Å². The highest BCUT2D eigenvalue weighted by molar-refractivity contribution is 5.76. The molecular formula is C12H17N5O6. The Labute approximate surface area is 130 Å². The molecule has 1 saturated heterocycles. The van der Waals surface area contributed by atoms with E-state index in [-0.39, 0.29) is 19.0 Å². The van der Waals surface area contributed by atoms with Crippen molar-refractivity contribution in [2.45, 2.75) is 31.1 Å². The molecule has 0 spiro atoms. The summed E-state index contributed by atoms with van der Waals surface area (Å²) in [5.41, 5.74) is 0.438. The molecule has 1 aromatic rings. The fourth-order valence-electron chi connectivity index (χ4n) is 2.46. The number of aromatic nitrogens is 3. The molecule has 0 unspecified atom stereocenters. The number of aliphatic hydroxyl groups excluding tert-OH is 4. The molecule has 5 N–H and O–H groups in total. The highest BCUT2D eigenvalue weighted by atomic mass is 16.6. The molecule has 11 heteroatoms. The Hall–Kier alpha value is -2.21. The lowest BCUT2D eigenvalue weighted by Crippen LogP contribution is -2.43. The number of aliphatic hydroxyl groups is 4. The number of hydrogen-bond donors (Lipinski definition) is 5. The molecule has 23 heavy (non-hydrogen) atoms. The third-order valence-corrected chi connectivity index (χ3v) is 3.72. The van der Waals surface area contributed by atoms with E-state index >= 15 is 0 Å². The molecular weight excluding hydrogens is 310 g/mol. The quantitative estimate of drug-likeness (QED) is 0.418. The SMILES string of the molecule is O=C1NC(O)=CCN1Cc1cn([C@@H]2O[C@@H](CO)[C@H](O)[C@H]2O)nn1. The van der Waals surface area contributed by atoms with Crippen molar-refractivity contribution in [3.05, 3.63) is 23.8 Å². The van der Waals surface area contributed by atoms with Crippen LogP contribution in [0.25, 0.3) is 0 Å². The predicted molar refractivity (Wildman–Crippen MR) is 72.7 cm³/mol. The van der Waals surface area contributed by atoms with E-state index in [2.05, 4.69) is 15.6 Å². The Bertz CT molecular complexity index is 619. The number of ether oxygens (including phenoxy) is 1. The Kier molecular flexibility index (Phi) is 4.17. The van der Waals surface area contributed by atoms with Gasteiger partial charge in [-0.1, -0.05) is 5.21 Å². The van der Waals surface area contributed by atoms with Crippen LogP contribution in [0.3, 0.4) is 0 Å². The maximum absolute atomic E-state index is 11.7. The molecule has 0 radical (unpaired) electrons. The van der Waals surface area contributed by atoms with Crippen LogP contribution in [0.4, 0.5) is 4.79 Å². The first-order chi connectivity index (χ1) is 11.0. The second-order valence-corrected chi connectivity index (χ2v) is 5.32. The van der Waals surface area contributed by atoms with Crippen molar-refractivity contribution in [1.82, 2.24) is 25.2 Å². The molecule has 2 aliphatic rings. The van der Waals surface area contributed by atoms with E-state index < -0.39 is 37.2 Å². The average molecular weight is 327 g/mol. The first-order valence-electron chi connectivity index (χ1n) is 6.98. The fraction of sp³-hybridized carbons (Fsp3) is 0.583. The van der Waals surface area contributed by atoms with Gasteiger partial charge in [0.15, 0.2) is 12.1 Å². The van der Waals surface area contributed by atoms with E-state index in [1.807, 2.05) is 0 Å². The van der Waals surface area contributed by atoms with Crippen LogP contribution in [0.1, 0.15) is 11.9 Å². The summed E-state index contributed by atoms with van der Waals surface area (Å²) in [6.07, 6.45) is -1.42. The van der Waals surface area contributed by atoms with Crippen molar-refractivity contribution >= 4 is 6.03 Å². The molecule has 0 aliphatic carbocycles. The Morgan fingerprint density at radius 1 is 1.39 bits per heavy atom. The summed E-state index contributed by atoms with van der Waals surface area (Å²) in [6.45, 7) is -0.0666. The number of urea groups is 1. The smallest absolute Gasteiger partial charge is 0.324 e. The van der Waals surface area contributed by atoms with Crippen molar-refractivity contribution in [1.29, 1.82) is 0 Å². The first-order valence-corrected chi connectivity index (χ1v) is 6.98. The summed E-state index contributed by atoms with van der Waals surface area (Å²) in [7, 11) is 0. The number of nitrogens with zero attached hydrogens (tertiary/aromatic N) is 4. The monoisotopic (exact) mass is 327 g/mol.